The van der Waals surface area contributed by atoms with E-state index in [4.69, 9.17) is 16.9 Å². The lowest BCUT2D eigenvalue weighted by molar-refractivity contribution is 0.251. The highest BCUT2D eigenvalue weighted by Gasteiger charge is 1.94. The molecule has 6 heteroatoms. The van der Waals surface area contributed by atoms with E-state index in [2.05, 4.69) is 22.6 Å². The van der Waals surface area contributed by atoms with E-state index >= 15 is 0 Å². The van der Waals surface area contributed by atoms with Gasteiger partial charge in [-0.15, -0.1) is 10.1 Å². The number of aliphatic hydroxyl groups is 1. The van der Waals surface area contributed by atoms with Crippen LogP contribution in [0.3, 0.4) is 0 Å². The van der Waals surface area contributed by atoms with Crippen LogP contribution in [-0.2, 0) is 0 Å². The Kier molecular flexibility index (Phi) is 4.93. The highest BCUT2D eigenvalue weighted by molar-refractivity contribution is 7.80. The molecule has 0 rings (SSSR count). The molecule has 4 nitrogen and oxygen atoms in total. The molecule has 9 heavy (non-hydrogen) atoms. The molecule has 0 bridgehead atoms. The van der Waals surface area contributed by atoms with E-state index in [9.17, 15) is 0 Å². The van der Waals surface area contributed by atoms with Crippen LogP contribution in [0.15, 0.2) is 0 Å². The number of rotatable bonds is 3. The van der Waals surface area contributed by atoms with Crippen molar-refractivity contribution in [2.75, 3.05) is 13.7 Å². The maximum atomic E-state index is 8.38. The first kappa shape index (κ1) is 9.06. The first-order valence-electron chi connectivity index (χ1n) is 2.21. The van der Waals surface area contributed by atoms with Crippen LogP contribution in [0, 0.1) is 0 Å². The minimum Gasteiger partial charge on any atom is -0.389 e. The topological polar surface area (TPSA) is 47.5 Å². The van der Waals surface area contributed by atoms with Crippen molar-refractivity contribution in [3.8, 4) is 0 Å². The third-order valence-corrected chi connectivity index (χ3v) is 1.04. The summed E-state index contributed by atoms with van der Waals surface area (Å²) in [6, 6.07) is 0. The number of hydrazine groups is 2. The molecule has 0 saturated heterocycles. The van der Waals surface area contributed by atoms with Crippen molar-refractivity contribution < 1.29 is 5.11 Å². The Balaban J connectivity index is 3.34. The van der Waals surface area contributed by atoms with E-state index < -0.39 is 0 Å². The summed E-state index contributed by atoms with van der Waals surface area (Å²) in [6.07, 6.45) is 0. The Morgan fingerprint density at radius 3 is 2.78 bits per heavy atom. The largest absolute Gasteiger partial charge is 0.389 e. The molecule has 0 radical (unpaired) electrons. The zero-order chi connectivity index (χ0) is 7.28. The van der Waals surface area contributed by atoms with Gasteiger partial charge in [-0.3, -0.25) is 5.43 Å². The number of aliphatic hydroxyl groups excluding tert-OH is 1. The van der Waals surface area contributed by atoms with Crippen molar-refractivity contribution in [3.63, 3.8) is 0 Å². The van der Waals surface area contributed by atoms with Crippen LogP contribution < -0.4 is 10.4 Å². The summed E-state index contributed by atoms with van der Waals surface area (Å²) < 4.78 is 0. The number of thiocarbonyl (C=S) groups is 1. The highest BCUT2D eigenvalue weighted by atomic mass is 35.5. The summed E-state index contributed by atoms with van der Waals surface area (Å²) in [7, 11) is 1.62. The van der Waals surface area contributed by atoms with Gasteiger partial charge in [-0.2, -0.15) is 0 Å². The Hall–Kier alpha value is 0.0600. The van der Waals surface area contributed by atoms with Crippen LogP contribution >= 0.6 is 24.0 Å². The minimum absolute atomic E-state index is 0.182. The lowest BCUT2D eigenvalue weighted by Gasteiger charge is -2.14. The fourth-order valence-electron chi connectivity index (χ4n) is 0.244. The molecule has 0 aliphatic rings. The second kappa shape index (κ2) is 4.89. The van der Waals surface area contributed by atoms with Gasteiger partial charge in [0.25, 0.3) is 0 Å². The molecule has 0 heterocycles. The average Bonchev–Trinajstić information content (AvgIpc) is 1.87. The van der Waals surface area contributed by atoms with Crippen LogP contribution in [0.25, 0.3) is 0 Å². The van der Waals surface area contributed by atoms with Gasteiger partial charge in [-0.05, 0) is 11.8 Å². The normalized spacial score (nSPS) is 9.78. The lowest BCUT2D eigenvalue weighted by Crippen LogP contribution is -2.44. The fraction of sp³-hybridized carbons (Fsp3) is 0.667. The van der Waals surface area contributed by atoms with Crippen molar-refractivity contribution in [2.45, 2.75) is 0 Å². The smallest absolute Gasteiger partial charge is 0.117 e. The van der Waals surface area contributed by atoms with Gasteiger partial charge in [-0.1, -0.05) is 12.2 Å². The Labute approximate surface area is 63.8 Å². The predicted molar refractivity (Wildman–Crippen MR) is 39.6 cm³/mol. The van der Waals surface area contributed by atoms with Gasteiger partial charge in [0, 0.05) is 7.05 Å². The van der Waals surface area contributed by atoms with Crippen molar-refractivity contribution in [1.82, 2.24) is 15.5 Å². The molecule has 54 valence electrons. The van der Waals surface area contributed by atoms with Gasteiger partial charge in [0.2, 0.25) is 0 Å². The summed E-state index contributed by atoms with van der Waals surface area (Å²) in [5.41, 5.74) is 2.55. The monoisotopic (exact) mass is 169 g/mol. The Bertz CT molecular complexity index is 101. The van der Waals surface area contributed by atoms with Gasteiger partial charge in [0.1, 0.15) is 4.99 Å². The molecule has 0 aromatic carbocycles. The molecular formula is C3H8ClN3OS. The lowest BCUT2D eigenvalue weighted by atomic mass is 10.7. The zero-order valence-electron chi connectivity index (χ0n) is 4.89. The van der Waals surface area contributed by atoms with E-state index in [0.717, 1.165) is 0 Å². The molecule has 0 aromatic rings. The van der Waals surface area contributed by atoms with Gasteiger partial charge >= 0.3 is 0 Å². The van der Waals surface area contributed by atoms with Crippen LogP contribution in [0.4, 0.5) is 0 Å². The molecule has 0 amide bonds. The maximum absolute atomic E-state index is 8.38. The third-order valence-electron chi connectivity index (χ3n) is 0.563. The van der Waals surface area contributed by atoms with Crippen LogP contribution in [0.1, 0.15) is 0 Å². The Morgan fingerprint density at radius 1 is 1.89 bits per heavy atom. The zero-order valence-corrected chi connectivity index (χ0v) is 6.46. The van der Waals surface area contributed by atoms with E-state index in [1.165, 1.54) is 5.12 Å². The van der Waals surface area contributed by atoms with E-state index in [-0.39, 0.29) is 6.61 Å². The number of hydrogen-bond acceptors (Lipinski definition) is 4. The van der Waals surface area contributed by atoms with Crippen molar-refractivity contribution in [3.05, 3.63) is 0 Å². The van der Waals surface area contributed by atoms with Gasteiger partial charge in [0.05, 0.1) is 6.61 Å². The molecule has 0 spiro atoms. The first-order valence-corrected chi connectivity index (χ1v) is 2.99. The molecule has 3 N–H and O–H groups in total. The standard InChI is InChI=1S/C3H8ClN3OS/c1-7(6-4)5-3(9)2-8/h6,8H,2H2,1H3,(H,5,9). The van der Waals surface area contributed by atoms with Crippen LogP contribution in [-0.4, -0.2) is 28.9 Å². The summed E-state index contributed by atoms with van der Waals surface area (Å²) in [4.78, 5) is 2.54. The molecule has 0 aliphatic heterocycles. The van der Waals surface area contributed by atoms with Crippen LogP contribution in [0.2, 0.25) is 0 Å². The quantitative estimate of drug-likeness (QED) is 0.299. The van der Waals surface area contributed by atoms with E-state index in [1.54, 1.807) is 7.05 Å². The summed E-state index contributed by atoms with van der Waals surface area (Å²) >= 11 is 9.72. The van der Waals surface area contributed by atoms with E-state index in [0.29, 0.717) is 4.99 Å². The fourth-order valence-corrected chi connectivity index (χ4v) is 0.423. The first-order chi connectivity index (χ1) is 4.20. The molecule has 0 aliphatic carbocycles. The second-order valence-electron chi connectivity index (χ2n) is 1.34. The van der Waals surface area contributed by atoms with Crippen molar-refractivity contribution >= 4 is 29.0 Å². The highest BCUT2D eigenvalue weighted by Crippen LogP contribution is 1.72. The molecule has 0 aromatic heterocycles. The number of halogens is 1. The molecular weight excluding hydrogens is 162 g/mol. The molecule has 0 unspecified atom stereocenters. The average molecular weight is 170 g/mol. The molecule has 0 atom stereocenters. The van der Waals surface area contributed by atoms with Crippen molar-refractivity contribution in [2.24, 2.45) is 0 Å². The van der Waals surface area contributed by atoms with Gasteiger partial charge < -0.3 is 5.11 Å². The summed E-state index contributed by atoms with van der Waals surface area (Å²) in [6.45, 7) is -0.182. The maximum Gasteiger partial charge on any atom is 0.117 e. The number of hydrogen-bond donors (Lipinski definition) is 3. The predicted octanol–water partition coefficient (Wildman–Crippen LogP) is -0.599. The SMILES string of the molecule is CN(NCl)NC(=S)CO. The third kappa shape index (κ3) is 4.56. The Morgan fingerprint density at radius 2 is 2.44 bits per heavy atom. The summed E-state index contributed by atoms with van der Waals surface area (Å²) in [5.74, 6) is 0. The second-order valence-corrected chi connectivity index (χ2v) is 2.00. The minimum atomic E-state index is -0.182. The van der Waals surface area contributed by atoms with Gasteiger partial charge in [-0.25, -0.2) is 0 Å². The van der Waals surface area contributed by atoms with Crippen LogP contribution in [0.5, 0.6) is 0 Å². The summed E-state index contributed by atoms with van der Waals surface area (Å²) in [5, 5.41) is 9.70. The number of nitrogens with zero attached hydrogens (tertiary/aromatic N) is 1. The van der Waals surface area contributed by atoms with Gasteiger partial charge in [0.15, 0.2) is 0 Å². The molecule has 0 fully saturated rings. The van der Waals surface area contributed by atoms with E-state index in [1.807, 2.05) is 0 Å². The number of nitrogens with one attached hydrogen (secondary N) is 2. The molecule has 0 saturated carbocycles. The van der Waals surface area contributed by atoms with Crippen molar-refractivity contribution in [1.29, 1.82) is 0 Å².